The number of nitrogens with one attached hydrogen (secondary N) is 1. The van der Waals surface area contributed by atoms with Gasteiger partial charge in [-0.1, -0.05) is 0 Å². The van der Waals surface area contributed by atoms with Crippen LogP contribution in [0.4, 0.5) is 39.0 Å². The fraction of sp³-hybridized carbons (Fsp3) is 0.174. The monoisotopic (exact) mass is 524 g/mol. The number of halogens is 5. The van der Waals surface area contributed by atoms with Gasteiger partial charge in [-0.2, -0.15) is 13.2 Å². The number of alkyl halides is 3. The zero-order valence-corrected chi connectivity index (χ0v) is 18.8. The Morgan fingerprint density at radius 1 is 1.19 bits per heavy atom. The zero-order valence-electron chi connectivity index (χ0n) is 18.8. The minimum absolute atomic E-state index is 0.00183. The molecule has 0 saturated carbocycles. The number of anilines is 2. The van der Waals surface area contributed by atoms with E-state index in [1.165, 1.54) is 19.2 Å². The lowest BCUT2D eigenvalue weighted by atomic mass is 10.1. The second-order valence-corrected chi connectivity index (χ2v) is 7.40. The lowest BCUT2D eigenvalue weighted by molar-refractivity contribution is -0.385. The van der Waals surface area contributed by atoms with Crippen LogP contribution in [0.5, 0.6) is 5.88 Å². The number of aromatic carboxylic acids is 1. The zero-order chi connectivity index (χ0) is 27.3. The lowest BCUT2D eigenvalue weighted by Gasteiger charge is -2.16. The third kappa shape index (κ3) is 6.54. The molecule has 3 rings (SSSR count). The summed E-state index contributed by atoms with van der Waals surface area (Å²) in [7, 11) is 1.34. The summed E-state index contributed by atoms with van der Waals surface area (Å²) in [6.07, 6.45) is -3.95. The van der Waals surface area contributed by atoms with Crippen molar-refractivity contribution < 1.29 is 41.5 Å². The number of hydrogen-bond acceptors (Lipinski definition) is 7. The fourth-order valence-electron chi connectivity index (χ4n) is 3.24. The summed E-state index contributed by atoms with van der Waals surface area (Å²) >= 11 is 0. The SMILES string of the molecule is COc1ccc([N+](=O)[O-])c(CC/N=C/c2cc(F)ccc2Nc2cc(C(F)(F)F)c(F)cc2C(=O)O)n1. The maximum Gasteiger partial charge on any atom is 0.419 e. The number of nitro groups is 1. The lowest BCUT2D eigenvalue weighted by Crippen LogP contribution is -2.12. The van der Waals surface area contributed by atoms with E-state index in [2.05, 4.69) is 15.3 Å². The first-order valence-electron chi connectivity index (χ1n) is 10.3. The number of rotatable bonds is 9. The largest absolute Gasteiger partial charge is 0.481 e. The molecule has 0 atom stereocenters. The quantitative estimate of drug-likeness (QED) is 0.166. The van der Waals surface area contributed by atoms with Crippen LogP contribution in [0.3, 0.4) is 0 Å². The van der Waals surface area contributed by atoms with Gasteiger partial charge in [-0.15, -0.1) is 0 Å². The van der Waals surface area contributed by atoms with Gasteiger partial charge in [0.05, 0.1) is 28.8 Å². The van der Waals surface area contributed by atoms with Gasteiger partial charge in [0.2, 0.25) is 5.88 Å². The third-order valence-corrected chi connectivity index (χ3v) is 4.96. The van der Waals surface area contributed by atoms with Crippen LogP contribution in [0.25, 0.3) is 0 Å². The highest BCUT2D eigenvalue weighted by molar-refractivity contribution is 5.97. The number of carboxylic acid groups (broad SMARTS) is 1. The van der Waals surface area contributed by atoms with E-state index in [4.69, 9.17) is 4.74 Å². The molecule has 0 aliphatic carbocycles. The maximum atomic E-state index is 13.9. The molecule has 3 aromatic rings. The van der Waals surface area contributed by atoms with Gasteiger partial charge in [-0.05, 0) is 30.3 Å². The van der Waals surface area contributed by atoms with Crippen molar-refractivity contribution in [3.8, 4) is 5.88 Å². The molecule has 0 spiro atoms. The number of aromatic nitrogens is 1. The minimum atomic E-state index is -5.10. The van der Waals surface area contributed by atoms with Gasteiger partial charge in [0.1, 0.15) is 17.3 Å². The molecule has 194 valence electrons. The highest BCUT2D eigenvalue weighted by atomic mass is 19.4. The Morgan fingerprint density at radius 2 is 1.92 bits per heavy atom. The van der Waals surface area contributed by atoms with Gasteiger partial charge >= 0.3 is 12.1 Å². The molecular weight excluding hydrogens is 507 g/mol. The van der Waals surface area contributed by atoms with Gasteiger partial charge in [-0.25, -0.2) is 18.6 Å². The minimum Gasteiger partial charge on any atom is -0.481 e. The molecule has 0 aliphatic heterocycles. The number of benzene rings is 2. The van der Waals surface area contributed by atoms with E-state index >= 15 is 0 Å². The van der Waals surface area contributed by atoms with Crippen molar-refractivity contribution in [2.75, 3.05) is 19.0 Å². The van der Waals surface area contributed by atoms with Gasteiger partial charge in [0, 0.05) is 42.6 Å². The third-order valence-electron chi connectivity index (χ3n) is 4.96. The smallest absolute Gasteiger partial charge is 0.419 e. The highest BCUT2D eigenvalue weighted by Crippen LogP contribution is 2.36. The number of carbonyl (C=O) groups is 1. The average Bonchev–Trinajstić information content (AvgIpc) is 2.82. The molecule has 1 aromatic heterocycles. The van der Waals surface area contributed by atoms with E-state index < -0.39 is 45.5 Å². The number of ether oxygens (including phenoxy) is 1. The summed E-state index contributed by atoms with van der Waals surface area (Å²) in [6.45, 7) is -0.0495. The highest BCUT2D eigenvalue weighted by Gasteiger charge is 2.35. The molecule has 14 heteroatoms. The number of hydrogen-bond donors (Lipinski definition) is 2. The van der Waals surface area contributed by atoms with Crippen LogP contribution in [-0.2, 0) is 12.6 Å². The van der Waals surface area contributed by atoms with Crippen LogP contribution in [0.15, 0.2) is 47.5 Å². The Kier molecular flexibility index (Phi) is 8.00. The van der Waals surface area contributed by atoms with Gasteiger partial charge in [-0.3, -0.25) is 15.1 Å². The molecule has 37 heavy (non-hydrogen) atoms. The van der Waals surface area contributed by atoms with Gasteiger partial charge in [0.25, 0.3) is 5.69 Å². The summed E-state index contributed by atoms with van der Waals surface area (Å²) in [6, 6.07) is 6.16. The first-order chi connectivity index (χ1) is 17.4. The van der Waals surface area contributed by atoms with Gasteiger partial charge in [0.15, 0.2) is 0 Å². The maximum absolute atomic E-state index is 13.9. The molecule has 0 amide bonds. The summed E-state index contributed by atoms with van der Waals surface area (Å²) < 4.78 is 72.2. The van der Waals surface area contributed by atoms with Gasteiger partial charge < -0.3 is 15.2 Å². The fourth-order valence-corrected chi connectivity index (χ4v) is 3.24. The Morgan fingerprint density at radius 3 is 2.54 bits per heavy atom. The van der Waals surface area contributed by atoms with Crippen molar-refractivity contribution in [2.24, 2.45) is 4.99 Å². The van der Waals surface area contributed by atoms with E-state index in [0.717, 1.165) is 24.4 Å². The summed E-state index contributed by atoms with van der Waals surface area (Å²) in [4.78, 5) is 30.2. The molecule has 2 aromatic carbocycles. The van der Waals surface area contributed by atoms with Crippen LogP contribution in [0.2, 0.25) is 0 Å². The van der Waals surface area contributed by atoms with Crippen LogP contribution in [-0.4, -0.2) is 40.9 Å². The van der Waals surface area contributed by atoms with E-state index in [-0.39, 0.29) is 47.5 Å². The van der Waals surface area contributed by atoms with Crippen molar-refractivity contribution in [1.29, 1.82) is 0 Å². The molecule has 0 radical (unpaired) electrons. The van der Waals surface area contributed by atoms with E-state index in [1.54, 1.807) is 0 Å². The first-order valence-corrected chi connectivity index (χ1v) is 10.3. The Labute approximate surface area is 205 Å². The van der Waals surface area contributed by atoms with Crippen LogP contribution < -0.4 is 10.1 Å². The average molecular weight is 524 g/mol. The molecule has 0 fully saturated rings. The molecule has 0 saturated heterocycles. The number of carboxylic acids is 1. The Balaban J connectivity index is 1.90. The predicted octanol–water partition coefficient (Wildman–Crippen LogP) is 5.40. The van der Waals surface area contributed by atoms with Crippen molar-refractivity contribution in [2.45, 2.75) is 12.6 Å². The van der Waals surface area contributed by atoms with Crippen molar-refractivity contribution in [3.63, 3.8) is 0 Å². The van der Waals surface area contributed by atoms with E-state index in [9.17, 15) is 42.0 Å². The number of pyridine rings is 1. The molecule has 0 aliphatic rings. The molecule has 1 heterocycles. The van der Waals surface area contributed by atoms with Crippen LogP contribution >= 0.6 is 0 Å². The predicted molar refractivity (Wildman–Crippen MR) is 122 cm³/mol. The molecule has 2 N–H and O–H groups in total. The second-order valence-electron chi connectivity index (χ2n) is 7.40. The summed E-state index contributed by atoms with van der Waals surface area (Å²) in [5, 5.41) is 23.0. The van der Waals surface area contributed by atoms with Crippen molar-refractivity contribution >= 4 is 29.2 Å². The van der Waals surface area contributed by atoms with E-state index in [0.29, 0.717) is 6.07 Å². The van der Waals surface area contributed by atoms with Crippen LogP contribution in [0, 0.1) is 21.7 Å². The van der Waals surface area contributed by atoms with Crippen LogP contribution in [0.1, 0.15) is 27.2 Å². The summed E-state index contributed by atoms with van der Waals surface area (Å²) in [5.41, 5.74) is -3.25. The first kappa shape index (κ1) is 27.0. The standard InChI is InChI=1S/C23H17F5N4O5/c1-37-21-5-4-20(32(35)36)18(31-21)6-7-29-11-12-8-13(24)2-3-17(12)30-19-10-15(23(26,27)28)16(25)9-14(19)22(33)34/h2-5,8-11,30H,6-7H2,1H3,(H,33,34)/b29-11+. The van der Waals surface area contributed by atoms with E-state index in [1.807, 2.05) is 0 Å². The molecular formula is C23H17F5N4O5. The number of methoxy groups -OCH3 is 1. The number of aliphatic imine (C=N–C) groups is 1. The van der Waals surface area contributed by atoms with Crippen molar-refractivity contribution in [3.05, 3.63) is 86.6 Å². The topological polar surface area (TPSA) is 127 Å². The number of nitrogens with zero attached hydrogens (tertiary/aromatic N) is 3. The molecule has 9 nitrogen and oxygen atoms in total. The molecule has 0 bridgehead atoms. The summed E-state index contributed by atoms with van der Waals surface area (Å²) in [5.74, 6) is -4.05. The second kappa shape index (κ2) is 11.0. The molecule has 0 unspecified atom stereocenters. The normalized spacial score (nSPS) is 11.5. The Hall–Kier alpha value is -4.62. The Bertz CT molecular complexity index is 1380. The van der Waals surface area contributed by atoms with Crippen molar-refractivity contribution in [1.82, 2.24) is 4.98 Å².